The molecule has 0 spiro atoms. The fourth-order valence-corrected chi connectivity index (χ4v) is 1.95. The zero-order chi connectivity index (χ0) is 13.0. The minimum atomic E-state index is -0.456. The molecule has 1 atom stereocenters. The van der Waals surface area contributed by atoms with Crippen molar-refractivity contribution in [2.75, 3.05) is 5.32 Å². The van der Waals surface area contributed by atoms with Crippen LogP contribution in [0.2, 0.25) is 0 Å². The molecule has 0 bridgehead atoms. The topological polar surface area (TPSA) is 55.1 Å². The summed E-state index contributed by atoms with van der Waals surface area (Å²) in [5.41, 5.74) is 7.68. The highest BCUT2D eigenvalue weighted by Crippen LogP contribution is 2.25. The lowest BCUT2D eigenvalue weighted by Crippen LogP contribution is -2.36. The number of benzene rings is 1. The van der Waals surface area contributed by atoms with Crippen LogP contribution in [0.4, 0.5) is 5.69 Å². The van der Waals surface area contributed by atoms with E-state index in [4.69, 9.17) is 5.73 Å². The molecule has 1 aromatic rings. The van der Waals surface area contributed by atoms with Gasteiger partial charge in [-0.3, -0.25) is 4.79 Å². The van der Waals surface area contributed by atoms with E-state index in [2.05, 4.69) is 35.1 Å². The van der Waals surface area contributed by atoms with Gasteiger partial charge in [-0.15, -0.1) is 0 Å². The zero-order valence-electron chi connectivity index (χ0n) is 10.5. The summed E-state index contributed by atoms with van der Waals surface area (Å²) in [6.45, 7) is 6.08. The molecular formula is C13H19BrN2O. The van der Waals surface area contributed by atoms with E-state index in [1.807, 2.05) is 25.1 Å². The lowest BCUT2D eigenvalue weighted by molar-refractivity contribution is -0.117. The number of halogens is 1. The van der Waals surface area contributed by atoms with E-state index in [1.165, 1.54) is 0 Å². The monoisotopic (exact) mass is 298 g/mol. The van der Waals surface area contributed by atoms with Crippen molar-refractivity contribution < 1.29 is 4.79 Å². The zero-order valence-corrected chi connectivity index (χ0v) is 12.0. The molecule has 0 aliphatic rings. The highest BCUT2D eigenvalue weighted by atomic mass is 79.9. The Morgan fingerprint density at radius 3 is 2.71 bits per heavy atom. The molecule has 0 saturated heterocycles. The second kappa shape index (κ2) is 6.17. The van der Waals surface area contributed by atoms with Gasteiger partial charge in [0.1, 0.15) is 0 Å². The SMILES string of the molecule is Cc1cccc(NC(=O)C(N)CC(C)C)c1Br. The molecule has 0 radical (unpaired) electrons. The van der Waals surface area contributed by atoms with Crippen molar-refractivity contribution in [2.24, 2.45) is 11.7 Å². The van der Waals surface area contributed by atoms with Gasteiger partial charge in [-0.1, -0.05) is 26.0 Å². The number of carbonyl (C=O) groups is 1. The number of anilines is 1. The smallest absolute Gasteiger partial charge is 0.241 e. The Morgan fingerprint density at radius 2 is 2.12 bits per heavy atom. The van der Waals surface area contributed by atoms with Crippen LogP contribution in [0.3, 0.4) is 0 Å². The highest BCUT2D eigenvalue weighted by Gasteiger charge is 2.16. The lowest BCUT2D eigenvalue weighted by atomic mass is 10.0. The summed E-state index contributed by atoms with van der Waals surface area (Å²) in [6, 6.07) is 5.29. The summed E-state index contributed by atoms with van der Waals surface area (Å²) in [7, 11) is 0. The predicted octanol–water partition coefficient (Wildman–Crippen LogP) is 3.07. The molecule has 3 nitrogen and oxygen atoms in total. The van der Waals surface area contributed by atoms with E-state index >= 15 is 0 Å². The lowest BCUT2D eigenvalue weighted by Gasteiger charge is -2.15. The molecule has 4 heteroatoms. The Balaban J connectivity index is 2.71. The van der Waals surface area contributed by atoms with Gasteiger partial charge in [0.25, 0.3) is 0 Å². The Labute approximate surface area is 111 Å². The first-order valence-corrected chi connectivity index (χ1v) is 6.52. The maximum Gasteiger partial charge on any atom is 0.241 e. The second-order valence-corrected chi connectivity index (χ2v) is 5.45. The molecular weight excluding hydrogens is 280 g/mol. The van der Waals surface area contributed by atoms with E-state index in [9.17, 15) is 4.79 Å². The maximum absolute atomic E-state index is 11.9. The molecule has 0 fully saturated rings. The van der Waals surface area contributed by atoms with Gasteiger partial charge in [0.15, 0.2) is 0 Å². The Morgan fingerprint density at radius 1 is 1.47 bits per heavy atom. The number of amides is 1. The molecule has 1 aromatic carbocycles. The largest absolute Gasteiger partial charge is 0.324 e. The van der Waals surface area contributed by atoms with Crippen LogP contribution in [0.1, 0.15) is 25.8 Å². The Hall–Kier alpha value is -0.870. The number of aryl methyl sites for hydroxylation is 1. The average molecular weight is 299 g/mol. The number of rotatable bonds is 4. The van der Waals surface area contributed by atoms with E-state index in [0.717, 1.165) is 15.7 Å². The van der Waals surface area contributed by atoms with Crippen LogP contribution in [0, 0.1) is 12.8 Å². The first-order chi connectivity index (χ1) is 7.91. The van der Waals surface area contributed by atoms with Crippen LogP contribution >= 0.6 is 15.9 Å². The molecule has 3 N–H and O–H groups in total. The average Bonchev–Trinajstić information content (AvgIpc) is 2.23. The summed E-state index contributed by atoms with van der Waals surface area (Å²) < 4.78 is 0.907. The van der Waals surface area contributed by atoms with E-state index in [1.54, 1.807) is 0 Å². The highest BCUT2D eigenvalue weighted by molar-refractivity contribution is 9.10. The molecule has 0 saturated carbocycles. The predicted molar refractivity (Wildman–Crippen MR) is 74.9 cm³/mol. The van der Waals surface area contributed by atoms with E-state index in [0.29, 0.717) is 12.3 Å². The maximum atomic E-state index is 11.9. The number of hydrogen-bond donors (Lipinski definition) is 2. The molecule has 0 aromatic heterocycles. The van der Waals surface area contributed by atoms with Crippen molar-refractivity contribution in [2.45, 2.75) is 33.2 Å². The van der Waals surface area contributed by atoms with Crippen LogP contribution in [0.5, 0.6) is 0 Å². The summed E-state index contributed by atoms with van der Waals surface area (Å²) in [6.07, 6.45) is 0.690. The van der Waals surface area contributed by atoms with E-state index < -0.39 is 6.04 Å². The Bertz CT molecular complexity index is 404. The summed E-state index contributed by atoms with van der Waals surface area (Å²) in [5.74, 6) is 0.279. The molecule has 0 aliphatic heterocycles. The third kappa shape index (κ3) is 4.13. The van der Waals surface area contributed by atoms with Crippen LogP contribution in [-0.2, 0) is 4.79 Å². The van der Waals surface area contributed by atoms with Crippen LogP contribution in [0.15, 0.2) is 22.7 Å². The third-order valence-corrected chi connectivity index (χ3v) is 3.56. The van der Waals surface area contributed by atoms with Crippen molar-refractivity contribution in [3.8, 4) is 0 Å². The van der Waals surface area contributed by atoms with Gasteiger partial charge in [0.05, 0.1) is 11.7 Å². The van der Waals surface area contributed by atoms with Gasteiger partial charge in [-0.25, -0.2) is 0 Å². The van der Waals surface area contributed by atoms with Crippen molar-refractivity contribution in [1.29, 1.82) is 0 Å². The molecule has 1 rings (SSSR count). The third-order valence-electron chi connectivity index (χ3n) is 2.51. The fraction of sp³-hybridized carbons (Fsp3) is 0.462. The quantitative estimate of drug-likeness (QED) is 0.897. The number of nitrogens with two attached hydrogens (primary N) is 1. The van der Waals surface area contributed by atoms with Crippen LogP contribution in [0.25, 0.3) is 0 Å². The van der Waals surface area contributed by atoms with Gasteiger partial charge in [-0.2, -0.15) is 0 Å². The van der Waals surface area contributed by atoms with Gasteiger partial charge in [-0.05, 0) is 46.8 Å². The number of carbonyl (C=O) groups excluding carboxylic acids is 1. The van der Waals surface area contributed by atoms with Gasteiger partial charge in [0, 0.05) is 4.47 Å². The molecule has 0 aliphatic carbocycles. The molecule has 94 valence electrons. The molecule has 0 heterocycles. The van der Waals surface area contributed by atoms with Crippen LogP contribution in [-0.4, -0.2) is 11.9 Å². The molecule has 1 amide bonds. The number of hydrogen-bond acceptors (Lipinski definition) is 2. The van der Waals surface area contributed by atoms with E-state index in [-0.39, 0.29) is 5.91 Å². The summed E-state index contributed by atoms with van der Waals surface area (Å²) >= 11 is 3.45. The number of nitrogens with one attached hydrogen (secondary N) is 1. The van der Waals surface area contributed by atoms with Crippen molar-refractivity contribution in [3.63, 3.8) is 0 Å². The minimum Gasteiger partial charge on any atom is -0.324 e. The normalized spacial score (nSPS) is 12.6. The van der Waals surface area contributed by atoms with Gasteiger partial charge < -0.3 is 11.1 Å². The minimum absolute atomic E-state index is 0.134. The van der Waals surface area contributed by atoms with Crippen molar-refractivity contribution in [1.82, 2.24) is 0 Å². The Kier molecular flexibility index (Phi) is 5.15. The van der Waals surface area contributed by atoms with Gasteiger partial charge in [0.2, 0.25) is 5.91 Å². The standard InChI is InChI=1S/C13H19BrN2O/c1-8(2)7-10(15)13(17)16-11-6-4-5-9(3)12(11)14/h4-6,8,10H,7,15H2,1-3H3,(H,16,17). The second-order valence-electron chi connectivity index (χ2n) is 4.66. The molecule has 1 unspecified atom stereocenters. The van der Waals surface area contributed by atoms with Crippen molar-refractivity contribution in [3.05, 3.63) is 28.2 Å². The fourth-order valence-electron chi connectivity index (χ4n) is 1.58. The molecule has 17 heavy (non-hydrogen) atoms. The first-order valence-electron chi connectivity index (χ1n) is 5.73. The van der Waals surface area contributed by atoms with Crippen molar-refractivity contribution >= 4 is 27.5 Å². The van der Waals surface area contributed by atoms with Gasteiger partial charge >= 0.3 is 0 Å². The first kappa shape index (κ1) is 14.2. The van der Waals surface area contributed by atoms with Crippen LogP contribution < -0.4 is 11.1 Å². The summed E-state index contributed by atoms with van der Waals surface area (Å²) in [5, 5.41) is 2.85. The summed E-state index contributed by atoms with van der Waals surface area (Å²) in [4.78, 5) is 11.9.